The Morgan fingerprint density at radius 2 is 1.86 bits per heavy atom. The van der Waals surface area contributed by atoms with E-state index in [1.54, 1.807) is 12.1 Å². The minimum Gasteiger partial charge on any atom is -0.330 e. The number of alkyl halides is 3. The summed E-state index contributed by atoms with van der Waals surface area (Å²) >= 11 is 0. The fraction of sp³-hybridized carbons (Fsp3) is 0.625. The van der Waals surface area contributed by atoms with Crippen molar-refractivity contribution in [1.82, 2.24) is 4.90 Å². The highest BCUT2D eigenvalue weighted by Crippen LogP contribution is 2.34. The molecule has 0 amide bonds. The van der Waals surface area contributed by atoms with Crippen molar-refractivity contribution < 1.29 is 13.2 Å². The average molecular weight is 300 g/mol. The van der Waals surface area contributed by atoms with E-state index in [4.69, 9.17) is 5.73 Å². The number of nitrogens with two attached hydrogens (primary N) is 1. The maximum Gasteiger partial charge on any atom is 0.416 e. The maximum absolute atomic E-state index is 12.6. The lowest BCUT2D eigenvalue weighted by Crippen LogP contribution is -2.39. The van der Waals surface area contributed by atoms with Gasteiger partial charge in [0.05, 0.1) is 5.56 Å². The van der Waals surface area contributed by atoms with Crippen LogP contribution in [0, 0.1) is 5.92 Å². The van der Waals surface area contributed by atoms with Gasteiger partial charge in [-0.2, -0.15) is 13.2 Å². The minimum absolute atomic E-state index is 0.0874. The normalized spacial score (nSPS) is 24.5. The molecule has 1 aromatic rings. The Morgan fingerprint density at radius 3 is 2.38 bits per heavy atom. The lowest BCUT2D eigenvalue weighted by Gasteiger charge is -2.34. The van der Waals surface area contributed by atoms with E-state index >= 15 is 0 Å². The van der Waals surface area contributed by atoms with Crippen LogP contribution in [0.4, 0.5) is 13.2 Å². The fourth-order valence-corrected chi connectivity index (χ4v) is 3.30. The molecule has 0 radical (unpaired) electrons. The van der Waals surface area contributed by atoms with Gasteiger partial charge in [0.25, 0.3) is 0 Å². The summed E-state index contributed by atoms with van der Waals surface area (Å²) in [6, 6.07) is 5.99. The molecule has 1 saturated carbocycles. The molecule has 1 aliphatic rings. The third kappa shape index (κ3) is 3.58. The van der Waals surface area contributed by atoms with Crippen LogP contribution < -0.4 is 5.73 Å². The van der Waals surface area contributed by atoms with E-state index in [-0.39, 0.29) is 6.04 Å². The molecule has 1 aliphatic carbocycles. The zero-order valence-electron chi connectivity index (χ0n) is 12.5. The standard InChI is InChI=1S/C16H23F3N2/c1-11(21(2)15-5-3-4-13(15)10-20)12-6-8-14(9-7-12)16(17,18)19/h6-9,11,13,15H,3-5,10,20H2,1-2H3. The number of halogens is 3. The SMILES string of the molecule is CC(c1ccc(C(F)(F)F)cc1)N(C)C1CCCC1CN. The zero-order valence-corrected chi connectivity index (χ0v) is 12.5. The summed E-state index contributed by atoms with van der Waals surface area (Å²) in [5, 5.41) is 0. The van der Waals surface area contributed by atoms with Crippen LogP contribution in [-0.4, -0.2) is 24.5 Å². The number of benzene rings is 1. The molecule has 0 aliphatic heterocycles. The molecule has 2 nitrogen and oxygen atoms in total. The number of hydrogen-bond acceptors (Lipinski definition) is 2. The monoisotopic (exact) mass is 300 g/mol. The van der Waals surface area contributed by atoms with Crippen molar-refractivity contribution in [3.05, 3.63) is 35.4 Å². The molecule has 5 heteroatoms. The molecule has 0 spiro atoms. The number of nitrogens with zero attached hydrogens (tertiary/aromatic N) is 1. The Hall–Kier alpha value is -1.07. The summed E-state index contributed by atoms with van der Waals surface area (Å²) in [7, 11) is 2.04. The van der Waals surface area contributed by atoms with Crippen LogP contribution in [0.1, 0.15) is 43.4 Å². The van der Waals surface area contributed by atoms with Gasteiger partial charge in [-0.3, -0.25) is 4.90 Å². The number of hydrogen-bond donors (Lipinski definition) is 1. The Bertz CT molecular complexity index is 456. The largest absolute Gasteiger partial charge is 0.416 e. The van der Waals surface area contributed by atoms with E-state index < -0.39 is 11.7 Å². The minimum atomic E-state index is -4.27. The molecule has 0 saturated heterocycles. The molecular formula is C16H23F3N2. The molecule has 0 bridgehead atoms. The smallest absolute Gasteiger partial charge is 0.330 e. The Morgan fingerprint density at radius 1 is 1.24 bits per heavy atom. The fourth-order valence-electron chi connectivity index (χ4n) is 3.30. The van der Waals surface area contributed by atoms with Crippen molar-refractivity contribution in [3.63, 3.8) is 0 Å². The molecule has 2 rings (SSSR count). The third-order valence-electron chi connectivity index (χ3n) is 4.78. The van der Waals surface area contributed by atoms with E-state index in [0.29, 0.717) is 18.5 Å². The van der Waals surface area contributed by atoms with Gasteiger partial charge in [0.1, 0.15) is 0 Å². The van der Waals surface area contributed by atoms with Crippen LogP contribution >= 0.6 is 0 Å². The van der Waals surface area contributed by atoms with Crippen molar-refractivity contribution in [2.75, 3.05) is 13.6 Å². The summed E-state index contributed by atoms with van der Waals surface area (Å²) in [6.07, 6.45) is -0.838. The van der Waals surface area contributed by atoms with Gasteiger partial charge >= 0.3 is 6.18 Å². The van der Waals surface area contributed by atoms with Crippen LogP contribution in [0.25, 0.3) is 0 Å². The summed E-state index contributed by atoms with van der Waals surface area (Å²) in [5.41, 5.74) is 6.13. The highest BCUT2D eigenvalue weighted by atomic mass is 19.4. The molecule has 1 fully saturated rings. The molecule has 3 unspecified atom stereocenters. The predicted molar refractivity (Wildman–Crippen MR) is 77.8 cm³/mol. The maximum atomic E-state index is 12.6. The van der Waals surface area contributed by atoms with Crippen LogP contribution in [0.3, 0.4) is 0 Å². The first-order valence-electron chi connectivity index (χ1n) is 7.43. The van der Waals surface area contributed by atoms with Crippen molar-refractivity contribution in [3.8, 4) is 0 Å². The molecule has 1 aromatic carbocycles. The first-order chi connectivity index (χ1) is 9.84. The lowest BCUT2D eigenvalue weighted by molar-refractivity contribution is -0.137. The summed E-state index contributed by atoms with van der Waals surface area (Å²) in [6.45, 7) is 2.71. The molecule has 21 heavy (non-hydrogen) atoms. The first kappa shape index (κ1) is 16.3. The molecule has 3 atom stereocenters. The second kappa shape index (κ2) is 6.36. The van der Waals surface area contributed by atoms with Gasteiger partial charge in [0.2, 0.25) is 0 Å². The predicted octanol–water partition coefficient (Wildman–Crippen LogP) is 3.83. The molecule has 2 N–H and O–H groups in total. The van der Waals surface area contributed by atoms with Crippen LogP contribution in [0.5, 0.6) is 0 Å². The second-order valence-corrected chi connectivity index (χ2v) is 5.96. The van der Waals surface area contributed by atoms with Crippen LogP contribution in [0.15, 0.2) is 24.3 Å². The highest BCUT2D eigenvalue weighted by molar-refractivity contribution is 5.26. The Balaban J connectivity index is 2.10. The van der Waals surface area contributed by atoms with Gasteiger partial charge in [-0.15, -0.1) is 0 Å². The average Bonchev–Trinajstić information content (AvgIpc) is 2.93. The van der Waals surface area contributed by atoms with Gasteiger partial charge < -0.3 is 5.73 Å². The lowest BCUT2D eigenvalue weighted by atomic mass is 9.98. The summed E-state index contributed by atoms with van der Waals surface area (Å²) < 4.78 is 37.8. The van der Waals surface area contributed by atoms with Crippen molar-refractivity contribution in [2.24, 2.45) is 11.7 Å². The molecular weight excluding hydrogens is 277 g/mol. The Labute approximate surface area is 124 Å². The van der Waals surface area contributed by atoms with Gasteiger partial charge in [-0.05, 0) is 57.0 Å². The Kier molecular flexibility index (Phi) is 4.94. The van der Waals surface area contributed by atoms with E-state index in [0.717, 1.165) is 30.5 Å². The molecule has 0 heterocycles. The quantitative estimate of drug-likeness (QED) is 0.916. The zero-order chi connectivity index (χ0) is 15.6. The van der Waals surface area contributed by atoms with Crippen molar-refractivity contribution >= 4 is 0 Å². The topological polar surface area (TPSA) is 29.3 Å². The van der Waals surface area contributed by atoms with Crippen LogP contribution in [-0.2, 0) is 6.18 Å². The van der Waals surface area contributed by atoms with Gasteiger partial charge in [0.15, 0.2) is 0 Å². The second-order valence-electron chi connectivity index (χ2n) is 5.96. The van der Waals surface area contributed by atoms with Gasteiger partial charge in [-0.25, -0.2) is 0 Å². The van der Waals surface area contributed by atoms with E-state index in [2.05, 4.69) is 4.90 Å². The van der Waals surface area contributed by atoms with Crippen molar-refractivity contribution in [2.45, 2.75) is 44.4 Å². The summed E-state index contributed by atoms with van der Waals surface area (Å²) in [5.74, 6) is 0.492. The van der Waals surface area contributed by atoms with Gasteiger partial charge in [-0.1, -0.05) is 18.6 Å². The van der Waals surface area contributed by atoms with E-state index in [9.17, 15) is 13.2 Å². The highest BCUT2D eigenvalue weighted by Gasteiger charge is 2.33. The third-order valence-corrected chi connectivity index (χ3v) is 4.78. The van der Waals surface area contributed by atoms with E-state index in [1.807, 2.05) is 14.0 Å². The van der Waals surface area contributed by atoms with E-state index in [1.165, 1.54) is 6.42 Å². The molecule has 118 valence electrons. The summed E-state index contributed by atoms with van der Waals surface area (Å²) in [4.78, 5) is 2.26. The van der Waals surface area contributed by atoms with Crippen molar-refractivity contribution in [1.29, 1.82) is 0 Å². The first-order valence-corrected chi connectivity index (χ1v) is 7.43. The number of rotatable bonds is 4. The molecule has 0 aromatic heterocycles. The van der Waals surface area contributed by atoms with Crippen LogP contribution in [0.2, 0.25) is 0 Å². The van der Waals surface area contributed by atoms with Gasteiger partial charge in [0, 0.05) is 12.1 Å².